The van der Waals surface area contributed by atoms with Crippen LogP contribution in [0, 0.1) is 0 Å². The highest BCUT2D eigenvalue weighted by Gasteiger charge is 2.21. The maximum atomic E-state index is 12.4. The summed E-state index contributed by atoms with van der Waals surface area (Å²) in [7, 11) is 0. The van der Waals surface area contributed by atoms with Crippen molar-refractivity contribution in [2.75, 3.05) is 19.6 Å². The van der Waals surface area contributed by atoms with Crippen molar-refractivity contribution < 1.29 is 19.2 Å². The number of hydrogen-bond donors (Lipinski definition) is 4. The summed E-state index contributed by atoms with van der Waals surface area (Å²) < 4.78 is 0. The van der Waals surface area contributed by atoms with Gasteiger partial charge in [0, 0.05) is 12.8 Å². The minimum Gasteiger partial charge on any atom is -0.383 e. The van der Waals surface area contributed by atoms with Crippen LogP contribution in [0.15, 0.2) is 43.1 Å². The lowest BCUT2D eigenvalue weighted by atomic mass is 10.1. The molecule has 1 atom stereocenters. The second kappa shape index (κ2) is 12.2. The lowest BCUT2D eigenvalue weighted by Crippen LogP contribution is -2.51. The van der Waals surface area contributed by atoms with Crippen molar-refractivity contribution in [2.24, 2.45) is 0 Å². The summed E-state index contributed by atoms with van der Waals surface area (Å²) in [6, 6.07) is 8.34. The average Bonchev–Trinajstić information content (AvgIpc) is 2.68. The predicted molar refractivity (Wildman–Crippen MR) is 102 cm³/mol. The van der Waals surface area contributed by atoms with Crippen LogP contribution in [-0.2, 0) is 25.6 Å². The fourth-order valence-corrected chi connectivity index (χ4v) is 2.14. The molecule has 1 aromatic carbocycles. The first-order chi connectivity index (χ1) is 13.0. The minimum atomic E-state index is -0.854. The molecule has 0 radical (unpaired) electrons. The molecule has 0 fully saturated rings. The third kappa shape index (κ3) is 9.20. The van der Waals surface area contributed by atoms with Gasteiger partial charge in [-0.15, -0.1) is 0 Å². The highest BCUT2D eigenvalue weighted by Crippen LogP contribution is 2.03. The highest BCUT2D eigenvalue weighted by molar-refractivity contribution is 5.92. The lowest BCUT2D eigenvalue weighted by Gasteiger charge is -2.18. The molecule has 1 rings (SSSR count). The summed E-state index contributed by atoms with van der Waals surface area (Å²) in [5.74, 6) is -1.42. The van der Waals surface area contributed by atoms with E-state index in [-0.39, 0.29) is 37.7 Å². The van der Waals surface area contributed by atoms with E-state index in [1.54, 1.807) is 6.92 Å². The van der Waals surface area contributed by atoms with Crippen LogP contribution < -0.4 is 21.3 Å². The normalized spacial score (nSPS) is 11.0. The van der Waals surface area contributed by atoms with Crippen LogP contribution >= 0.6 is 0 Å². The molecular formula is C19H26N4O4. The molecule has 8 nitrogen and oxygen atoms in total. The van der Waals surface area contributed by atoms with E-state index in [0.717, 1.165) is 5.56 Å². The number of hydrogen-bond acceptors (Lipinski definition) is 5. The van der Waals surface area contributed by atoms with Crippen LogP contribution in [0.1, 0.15) is 18.9 Å². The first kappa shape index (κ1) is 21.9. The topological polar surface area (TPSA) is 116 Å². The molecule has 0 unspecified atom stereocenters. The molecule has 0 aliphatic heterocycles. The zero-order valence-electron chi connectivity index (χ0n) is 15.4. The molecule has 0 saturated carbocycles. The van der Waals surface area contributed by atoms with Gasteiger partial charge in [-0.25, -0.2) is 0 Å². The quantitative estimate of drug-likeness (QED) is 0.399. The Morgan fingerprint density at radius 2 is 1.70 bits per heavy atom. The number of nitrogens with one attached hydrogen (secondary N) is 4. The Hall–Kier alpha value is -3.16. The van der Waals surface area contributed by atoms with E-state index in [9.17, 15) is 19.2 Å². The Bertz CT molecular complexity index is 661. The van der Waals surface area contributed by atoms with Crippen LogP contribution in [0.4, 0.5) is 0 Å². The Kier molecular flexibility index (Phi) is 9.92. The van der Waals surface area contributed by atoms with E-state index in [2.05, 4.69) is 27.8 Å². The third-order valence-electron chi connectivity index (χ3n) is 3.64. The summed E-state index contributed by atoms with van der Waals surface area (Å²) in [6.45, 7) is 4.79. The molecule has 4 N–H and O–H groups in total. The van der Waals surface area contributed by atoms with Gasteiger partial charge in [-0.05, 0) is 11.8 Å². The standard InChI is InChI=1S/C19H26N4O4/c1-3-15(24)11-22-19(27)16(10-14-8-6-5-7-9-14)23-18(26)13-21-17(25)12-20-4-2/h4-9,16,20H,2-3,10-13H2,1H3,(H,21,25)(H,22,27)(H,23,26)/t16-/m0/s1. The summed E-state index contributed by atoms with van der Waals surface area (Å²) in [4.78, 5) is 47.4. The van der Waals surface area contributed by atoms with Crippen LogP contribution in [0.5, 0.6) is 0 Å². The molecule has 0 spiro atoms. The predicted octanol–water partition coefficient (Wildman–Crippen LogP) is -0.341. The van der Waals surface area contributed by atoms with Crippen molar-refractivity contribution in [2.45, 2.75) is 25.8 Å². The van der Waals surface area contributed by atoms with E-state index >= 15 is 0 Å². The summed E-state index contributed by atoms with van der Waals surface area (Å²) in [5, 5.41) is 10.2. The Morgan fingerprint density at radius 3 is 2.33 bits per heavy atom. The zero-order chi connectivity index (χ0) is 20.1. The molecule has 0 aliphatic rings. The maximum absolute atomic E-state index is 12.4. The lowest BCUT2D eigenvalue weighted by molar-refractivity contribution is -0.130. The number of Topliss-reactive ketones (excluding diaryl/α,β-unsaturated/α-hetero) is 1. The average molecular weight is 374 g/mol. The van der Waals surface area contributed by atoms with Crippen LogP contribution in [-0.4, -0.2) is 49.2 Å². The van der Waals surface area contributed by atoms with E-state index in [4.69, 9.17) is 0 Å². The van der Waals surface area contributed by atoms with Gasteiger partial charge < -0.3 is 21.3 Å². The van der Waals surface area contributed by atoms with Crippen molar-refractivity contribution in [1.82, 2.24) is 21.3 Å². The number of benzene rings is 1. The van der Waals surface area contributed by atoms with Gasteiger partial charge in [0.25, 0.3) is 0 Å². The van der Waals surface area contributed by atoms with Crippen LogP contribution in [0.3, 0.4) is 0 Å². The number of rotatable bonds is 12. The van der Waals surface area contributed by atoms with Gasteiger partial charge in [-0.2, -0.15) is 0 Å². The van der Waals surface area contributed by atoms with Crippen molar-refractivity contribution in [3.05, 3.63) is 48.7 Å². The smallest absolute Gasteiger partial charge is 0.243 e. The van der Waals surface area contributed by atoms with E-state index < -0.39 is 17.9 Å². The van der Waals surface area contributed by atoms with E-state index in [1.165, 1.54) is 6.20 Å². The Morgan fingerprint density at radius 1 is 1.00 bits per heavy atom. The Labute approximate surface area is 158 Å². The Balaban J connectivity index is 2.65. The van der Waals surface area contributed by atoms with Gasteiger partial charge in [0.2, 0.25) is 17.7 Å². The number of ketones is 1. The van der Waals surface area contributed by atoms with Crippen molar-refractivity contribution >= 4 is 23.5 Å². The van der Waals surface area contributed by atoms with Crippen molar-refractivity contribution in [1.29, 1.82) is 0 Å². The van der Waals surface area contributed by atoms with Gasteiger partial charge in [-0.1, -0.05) is 43.8 Å². The number of carbonyl (C=O) groups is 4. The molecule has 8 heteroatoms. The van der Waals surface area contributed by atoms with Gasteiger partial charge in [0.15, 0.2) is 5.78 Å². The fraction of sp³-hybridized carbons (Fsp3) is 0.368. The fourth-order valence-electron chi connectivity index (χ4n) is 2.14. The largest absolute Gasteiger partial charge is 0.383 e. The molecule has 0 aliphatic carbocycles. The highest BCUT2D eigenvalue weighted by atomic mass is 16.2. The monoisotopic (exact) mass is 374 g/mol. The third-order valence-corrected chi connectivity index (χ3v) is 3.64. The van der Waals surface area contributed by atoms with Crippen molar-refractivity contribution in [3.63, 3.8) is 0 Å². The molecule has 3 amide bonds. The summed E-state index contributed by atoms with van der Waals surface area (Å²) >= 11 is 0. The first-order valence-electron chi connectivity index (χ1n) is 8.70. The van der Waals surface area contributed by atoms with Gasteiger partial charge in [0.1, 0.15) is 6.04 Å². The summed E-state index contributed by atoms with van der Waals surface area (Å²) in [6.07, 6.45) is 1.96. The van der Waals surface area contributed by atoms with Gasteiger partial charge in [0.05, 0.1) is 19.6 Å². The first-order valence-corrected chi connectivity index (χ1v) is 8.70. The van der Waals surface area contributed by atoms with E-state index in [1.807, 2.05) is 30.3 Å². The molecule has 27 heavy (non-hydrogen) atoms. The van der Waals surface area contributed by atoms with E-state index in [0.29, 0.717) is 6.42 Å². The minimum absolute atomic E-state index is 0.00381. The molecule has 0 saturated heterocycles. The molecule has 0 heterocycles. The SMILES string of the molecule is C=CNCC(=O)NCC(=O)N[C@@H](Cc1ccccc1)C(=O)NCC(=O)CC. The van der Waals surface area contributed by atoms with Gasteiger partial charge >= 0.3 is 0 Å². The zero-order valence-corrected chi connectivity index (χ0v) is 15.4. The molecule has 0 bridgehead atoms. The number of amides is 3. The van der Waals surface area contributed by atoms with Crippen LogP contribution in [0.2, 0.25) is 0 Å². The molecule has 146 valence electrons. The summed E-state index contributed by atoms with van der Waals surface area (Å²) in [5.41, 5.74) is 0.860. The second-order valence-corrected chi connectivity index (χ2v) is 5.78. The molecule has 0 aromatic heterocycles. The maximum Gasteiger partial charge on any atom is 0.243 e. The second-order valence-electron chi connectivity index (χ2n) is 5.78. The molecule has 1 aromatic rings. The molecular weight excluding hydrogens is 348 g/mol. The van der Waals surface area contributed by atoms with Crippen LogP contribution in [0.25, 0.3) is 0 Å². The van der Waals surface area contributed by atoms with Crippen molar-refractivity contribution in [3.8, 4) is 0 Å². The van der Waals surface area contributed by atoms with Gasteiger partial charge in [-0.3, -0.25) is 19.2 Å². The number of carbonyl (C=O) groups excluding carboxylic acids is 4.